The predicted octanol–water partition coefficient (Wildman–Crippen LogP) is 0.743. The molecule has 2 saturated heterocycles. The first-order valence-electron chi connectivity index (χ1n) is 8.59. The minimum absolute atomic E-state index is 0.687. The lowest BCUT2D eigenvalue weighted by molar-refractivity contribution is 0.109. The number of hydrogen-bond donors (Lipinski definition) is 2. The van der Waals surface area contributed by atoms with Crippen molar-refractivity contribution in [3.05, 3.63) is 0 Å². The third-order valence-electron chi connectivity index (χ3n) is 5.78. The summed E-state index contributed by atoms with van der Waals surface area (Å²) in [4.78, 5) is 5.00. The summed E-state index contributed by atoms with van der Waals surface area (Å²) in [6, 6.07) is 2.24. The van der Waals surface area contributed by atoms with E-state index in [1.54, 1.807) is 0 Å². The summed E-state index contributed by atoms with van der Waals surface area (Å²) in [6.45, 7) is 6.04. The number of likely N-dealkylation sites (N-methyl/N-ethyl adjacent to an activating group) is 2. The predicted molar refractivity (Wildman–Crippen MR) is 84.1 cm³/mol. The van der Waals surface area contributed by atoms with E-state index in [9.17, 15) is 0 Å². The topological polar surface area (TPSA) is 30.5 Å². The van der Waals surface area contributed by atoms with Crippen LogP contribution in [0.4, 0.5) is 0 Å². The second-order valence-corrected chi connectivity index (χ2v) is 7.21. The molecule has 20 heavy (non-hydrogen) atoms. The lowest BCUT2D eigenvalue weighted by Crippen LogP contribution is -2.55. The van der Waals surface area contributed by atoms with Crippen LogP contribution in [0.25, 0.3) is 0 Å². The SMILES string of the molecule is CN1CCN(C)C(CNC2CCCC2C2CCCN2)C1. The monoisotopic (exact) mass is 280 g/mol. The van der Waals surface area contributed by atoms with Gasteiger partial charge in [-0.25, -0.2) is 0 Å². The molecule has 0 aromatic heterocycles. The third-order valence-corrected chi connectivity index (χ3v) is 5.78. The fourth-order valence-electron chi connectivity index (χ4n) is 4.41. The number of piperazine rings is 1. The van der Waals surface area contributed by atoms with Crippen LogP contribution in [0.2, 0.25) is 0 Å². The molecule has 4 unspecified atom stereocenters. The van der Waals surface area contributed by atoms with Crippen LogP contribution in [0, 0.1) is 5.92 Å². The minimum atomic E-state index is 0.687. The Hall–Kier alpha value is -0.160. The number of nitrogens with zero attached hydrogens (tertiary/aromatic N) is 2. The fourth-order valence-corrected chi connectivity index (χ4v) is 4.41. The van der Waals surface area contributed by atoms with E-state index in [0.717, 1.165) is 24.5 Å². The molecule has 2 heterocycles. The van der Waals surface area contributed by atoms with Gasteiger partial charge in [-0.1, -0.05) is 6.42 Å². The molecular weight excluding hydrogens is 248 g/mol. The Morgan fingerprint density at radius 1 is 1.10 bits per heavy atom. The first-order chi connectivity index (χ1) is 9.74. The maximum atomic E-state index is 3.92. The van der Waals surface area contributed by atoms with E-state index in [1.165, 1.54) is 58.3 Å². The highest BCUT2D eigenvalue weighted by Gasteiger charge is 2.35. The van der Waals surface area contributed by atoms with Crippen LogP contribution in [0.3, 0.4) is 0 Å². The molecule has 0 spiro atoms. The van der Waals surface area contributed by atoms with Crippen molar-refractivity contribution in [2.45, 2.75) is 50.2 Å². The molecule has 4 heteroatoms. The first-order valence-corrected chi connectivity index (χ1v) is 8.59. The average Bonchev–Trinajstić information content (AvgIpc) is 3.09. The Labute approximate surface area is 124 Å². The molecule has 4 nitrogen and oxygen atoms in total. The zero-order chi connectivity index (χ0) is 13.9. The smallest absolute Gasteiger partial charge is 0.0345 e. The van der Waals surface area contributed by atoms with Gasteiger partial charge in [-0.2, -0.15) is 0 Å². The van der Waals surface area contributed by atoms with Crippen LogP contribution < -0.4 is 10.6 Å². The van der Waals surface area contributed by atoms with Gasteiger partial charge < -0.3 is 15.5 Å². The zero-order valence-corrected chi connectivity index (χ0v) is 13.3. The Bertz CT molecular complexity index is 303. The molecule has 3 aliphatic rings. The molecule has 1 saturated carbocycles. The molecule has 116 valence electrons. The zero-order valence-electron chi connectivity index (χ0n) is 13.3. The van der Waals surface area contributed by atoms with Crippen molar-refractivity contribution in [2.75, 3.05) is 46.8 Å². The molecule has 2 N–H and O–H groups in total. The minimum Gasteiger partial charge on any atom is -0.314 e. The van der Waals surface area contributed by atoms with Crippen LogP contribution in [0.1, 0.15) is 32.1 Å². The summed E-state index contributed by atoms with van der Waals surface area (Å²) in [5.41, 5.74) is 0. The molecule has 2 aliphatic heterocycles. The van der Waals surface area contributed by atoms with E-state index in [-0.39, 0.29) is 0 Å². The van der Waals surface area contributed by atoms with Gasteiger partial charge in [0.05, 0.1) is 0 Å². The molecule has 4 atom stereocenters. The highest BCUT2D eigenvalue weighted by Crippen LogP contribution is 2.31. The van der Waals surface area contributed by atoms with Crippen molar-refractivity contribution in [1.29, 1.82) is 0 Å². The molecule has 0 aromatic rings. The van der Waals surface area contributed by atoms with Gasteiger partial charge >= 0.3 is 0 Å². The molecule has 3 rings (SSSR count). The van der Waals surface area contributed by atoms with Crippen molar-refractivity contribution < 1.29 is 0 Å². The van der Waals surface area contributed by atoms with E-state index in [0.29, 0.717) is 6.04 Å². The van der Waals surface area contributed by atoms with Gasteiger partial charge in [0.15, 0.2) is 0 Å². The Balaban J connectivity index is 1.49. The standard InChI is InChI=1S/C16H32N4/c1-19-9-10-20(2)13(12-19)11-18-16-6-3-5-14(16)15-7-4-8-17-15/h13-18H,3-12H2,1-2H3. The van der Waals surface area contributed by atoms with E-state index >= 15 is 0 Å². The molecule has 1 aliphatic carbocycles. The summed E-state index contributed by atoms with van der Waals surface area (Å²) in [6.07, 6.45) is 7.00. The lowest BCUT2D eigenvalue weighted by Gasteiger charge is -2.39. The van der Waals surface area contributed by atoms with E-state index in [4.69, 9.17) is 0 Å². The van der Waals surface area contributed by atoms with Crippen LogP contribution in [0.15, 0.2) is 0 Å². The summed E-state index contributed by atoms with van der Waals surface area (Å²) in [7, 11) is 4.53. The van der Waals surface area contributed by atoms with Crippen molar-refractivity contribution in [3.63, 3.8) is 0 Å². The van der Waals surface area contributed by atoms with Crippen molar-refractivity contribution in [2.24, 2.45) is 5.92 Å². The lowest BCUT2D eigenvalue weighted by atomic mass is 9.93. The van der Waals surface area contributed by atoms with E-state index in [1.807, 2.05) is 0 Å². The molecule has 0 aromatic carbocycles. The Morgan fingerprint density at radius 3 is 2.80 bits per heavy atom. The fraction of sp³-hybridized carbons (Fsp3) is 1.00. The van der Waals surface area contributed by atoms with E-state index in [2.05, 4.69) is 34.5 Å². The van der Waals surface area contributed by atoms with Gasteiger partial charge in [-0.3, -0.25) is 4.90 Å². The highest BCUT2D eigenvalue weighted by molar-refractivity contribution is 4.94. The normalized spacial score (nSPS) is 40.5. The van der Waals surface area contributed by atoms with Gasteiger partial charge in [-0.15, -0.1) is 0 Å². The number of nitrogens with one attached hydrogen (secondary N) is 2. The Morgan fingerprint density at radius 2 is 2.00 bits per heavy atom. The van der Waals surface area contributed by atoms with E-state index < -0.39 is 0 Å². The second-order valence-electron chi connectivity index (χ2n) is 7.21. The highest BCUT2D eigenvalue weighted by atomic mass is 15.3. The van der Waals surface area contributed by atoms with Crippen molar-refractivity contribution in [1.82, 2.24) is 20.4 Å². The second kappa shape index (κ2) is 6.73. The summed E-state index contributed by atoms with van der Waals surface area (Å²) in [5, 5.41) is 7.64. The molecule has 0 bridgehead atoms. The maximum absolute atomic E-state index is 3.92. The molecule has 0 amide bonds. The van der Waals surface area contributed by atoms with Crippen LogP contribution in [-0.4, -0.2) is 74.7 Å². The van der Waals surface area contributed by atoms with Crippen molar-refractivity contribution in [3.8, 4) is 0 Å². The van der Waals surface area contributed by atoms with Gasteiger partial charge in [-0.05, 0) is 52.2 Å². The molecule has 0 radical (unpaired) electrons. The van der Waals surface area contributed by atoms with Gasteiger partial charge in [0, 0.05) is 44.3 Å². The number of hydrogen-bond acceptors (Lipinski definition) is 4. The summed E-state index contributed by atoms with van der Waals surface area (Å²) < 4.78 is 0. The number of rotatable bonds is 4. The van der Waals surface area contributed by atoms with Crippen LogP contribution in [0.5, 0.6) is 0 Å². The Kier molecular flexibility index (Phi) is 4.97. The van der Waals surface area contributed by atoms with Crippen LogP contribution >= 0.6 is 0 Å². The van der Waals surface area contributed by atoms with Crippen LogP contribution in [-0.2, 0) is 0 Å². The molecular formula is C16H32N4. The quantitative estimate of drug-likeness (QED) is 0.795. The molecule has 3 fully saturated rings. The summed E-state index contributed by atoms with van der Waals surface area (Å²) in [5.74, 6) is 0.879. The summed E-state index contributed by atoms with van der Waals surface area (Å²) >= 11 is 0. The largest absolute Gasteiger partial charge is 0.314 e. The van der Waals surface area contributed by atoms with Crippen molar-refractivity contribution >= 4 is 0 Å². The van der Waals surface area contributed by atoms with Gasteiger partial charge in [0.1, 0.15) is 0 Å². The average molecular weight is 280 g/mol. The van der Waals surface area contributed by atoms with Gasteiger partial charge in [0.2, 0.25) is 0 Å². The first kappa shape index (κ1) is 14.8. The maximum Gasteiger partial charge on any atom is 0.0345 e. The third kappa shape index (κ3) is 3.35. The van der Waals surface area contributed by atoms with Gasteiger partial charge in [0.25, 0.3) is 0 Å².